The van der Waals surface area contributed by atoms with Crippen LogP contribution in [0.2, 0.25) is 10.0 Å². The molecule has 0 N–H and O–H groups in total. The zero-order valence-corrected chi connectivity index (χ0v) is 17.2. The van der Waals surface area contributed by atoms with Crippen molar-refractivity contribution in [1.29, 1.82) is 0 Å². The molecule has 0 aliphatic carbocycles. The van der Waals surface area contributed by atoms with Crippen molar-refractivity contribution in [2.45, 2.75) is 52.4 Å². The van der Waals surface area contributed by atoms with Gasteiger partial charge in [0.05, 0.1) is 11.2 Å². The van der Waals surface area contributed by atoms with Gasteiger partial charge in [-0.15, -0.1) is 0 Å². The fourth-order valence-electron chi connectivity index (χ4n) is 2.78. The van der Waals surface area contributed by atoms with Crippen molar-refractivity contribution in [2.24, 2.45) is 0 Å². The molecule has 3 nitrogen and oxygen atoms in total. The van der Waals surface area contributed by atoms with E-state index in [-0.39, 0.29) is 18.3 Å². The number of hydrogen-bond acceptors (Lipinski definition) is 3. The number of rotatable bonds is 4. The Labute approximate surface area is 165 Å². The summed E-state index contributed by atoms with van der Waals surface area (Å²) in [6.07, 6.45) is 0. The Morgan fingerprint density at radius 2 is 1.54 bits per heavy atom. The van der Waals surface area contributed by atoms with Gasteiger partial charge in [-0.05, 0) is 63.8 Å². The topological polar surface area (TPSA) is 27.7 Å². The number of ether oxygens (including phenoxy) is 1. The molecule has 0 spiro atoms. The van der Waals surface area contributed by atoms with Crippen LogP contribution >= 0.6 is 23.2 Å². The molecule has 1 heterocycles. The Kier molecular flexibility index (Phi) is 5.33. The fourth-order valence-corrected chi connectivity index (χ4v) is 3.29. The monoisotopic (exact) mass is 392 g/mol. The molecule has 2 aromatic carbocycles. The molecule has 3 rings (SSSR count). The minimum atomic E-state index is -0.384. The van der Waals surface area contributed by atoms with Crippen LogP contribution in [0.25, 0.3) is 0 Å². The van der Waals surface area contributed by atoms with Gasteiger partial charge in [0, 0.05) is 15.6 Å². The van der Waals surface area contributed by atoms with Crippen LogP contribution in [-0.4, -0.2) is 18.3 Å². The Bertz CT molecular complexity index is 784. The summed E-state index contributed by atoms with van der Waals surface area (Å²) < 4.78 is 18.1. The Hall–Kier alpha value is -1.20. The first kappa shape index (κ1) is 19.6. The van der Waals surface area contributed by atoms with Crippen LogP contribution in [0, 0.1) is 6.92 Å². The van der Waals surface area contributed by atoms with Crippen molar-refractivity contribution >= 4 is 35.8 Å². The molecule has 1 saturated heterocycles. The van der Waals surface area contributed by atoms with E-state index in [0.717, 1.165) is 22.3 Å². The van der Waals surface area contributed by atoms with Gasteiger partial charge in [-0.1, -0.05) is 41.4 Å². The van der Waals surface area contributed by atoms with Crippen LogP contribution < -0.4 is 10.2 Å². The zero-order chi connectivity index (χ0) is 19.1. The van der Waals surface area contributed by atoms with E-state index in [0.29, 0.717) is 16.7 Å². The maximum absolute atomic E-state index is 6.20. The number of aryl methyl sites for hydroxylation is 1. The predicted octanol–water partition coefficient (Wildman–Crippen LogP) is 5.18. The second-order valence-corrected chi connectivity index (χ2v) is 8.42. The third kappa shape index (κ3) is 3.75. The lowest BCUT2D eigenvalue weighted by molar-refractivity contribution is 0.00578. The zero-order valence-electron chi connectivity index (χ0n) is 15.7. The number of halogens is 2. The maximum Gasteiger partial charge on any atom is 0.494 e. The van der Waals surface area contributed by atoms with Gasteiger partial charge >= 0.3 is 7.12 Å². The molecule has 0 saturated carbocycles. The van der Waals surface area contributed by atoms with Gasteiger partial charge in [-0.25, -0.2) is 0 Å². The van der Waals surface area contributed by atoms with Crippen molar-refractivity contribution in [3.05, 3.63) is 57.6 Å². The van der Waals surface area contributed by atoms with Gasteiger partial charge in [0.15, 0.2) is 0 Å². The molecule has 0 bridgehead atoms. The molecular weight excluding hydrogens is 370 g/mol. The molecule has 138 valence electrons. The molecule has 0 aromatic heterocycles. The average Bonchev–Trinajstić information content (AvgIpc) is 2.76. The Morgan fingerprint density at radius 1 is 0.962 bits per heavy atom. The molecule has 1 aliphatic rings. The average molecular weight is 393 g/mol. The molecule has 0 amide bonds. The van der Waals surface area contributed by atoms with E-state index in [9.17, 15) is 0 Å². The number of benzene rings is 2. The van der Waals surface area contributed by atoms with Gasteiger partial charge in [0.2, 0.25) is 0 Å². The van der Waals surface area contributed by atoms with Crippen LogP contribution in [-0.2, 0) is 15.9 Å². The normalized spacial score (nSPS) is 18.2. The van der Waals surface area contributed by atoms with Crippen molar-refractivity contribution in [3.63, 3.8) is 0 Å². The predicted molar refractivity (Wildman–Crippen MR) is 108 cm³/mol. The summed E-state index contributed by atoms with van der Waals surface area (Å²) in [5.41, 5.74) is 2.04. The quantitative estimate of drug-likeness (QED) is 0.671. The SMILES string of the molecule is Cc1cc(B2OC(C)(C)C(C)(C)O2)ccc1OCc1c(Cl)cccc1Cl. The van der Waals surface area contributed by atoms with Gasteiger partial charge in [0.25, 0.3) is 0 Å². The summed E-state index contributed by atoms with van der Waals surface area (Å²) >= 11 is 12.4. The molecule has 1 fully saturated rings. The first-order valence-corrected chi connectivity index (χ1v) is 9.38. The maximum atomic E-state index is 6.20. The van der Waals surface area contributed by atoms with E-state index >= 15 is 0 Å². The first-order chi connectivity index (χ1) is 12.1. The van der Waals surface area contributed by atoms with Crippen LogP contribution in [0.3, 0.4) is 0 Å². The lowest BCUT2D eigenvalue weighted by Crippen LogP contribution is -2.41. The molecule has 1 aliphatic heterocycles. The van der Waals surface area contributed by atoms with Crippen LogP contribution in [0.5, 0.6) is 5.75 Å². The summed E-state index contributed by atoms with van der Waals surface area (Å²) in [6, 6.07) is 11.4. The van der Waals surface area contributed by atoms with Gasteiger partial charge < -0.3 is 14.0 Å². The van der Waals surface area contributed by atoms with E-state index in [1.54, 1.807) is 12.1 Å². The minimum Gasteiger partial charge on any atom is -0.489 e. The van der Waals surface area contributed by atoms with Crippen LogP contribution in [0.15, 0.2) is 36.4 Å². The van der Waals surface area contributed by atoms with Crippen molar-refractivity contribution in [1.82, 2.24) is 0 Å². The molecule has 26 heavy (non-hydrogen) atoms. The largest absolute Gasteiger partial charge is 0.494 e. The highest BCUT2D eigenvalue weighted by Gasteiger charge is 2.51. The lowest BCUT2D eigenvalue weighted by atomic mass is 9.78. The van der Waals surface area contributed by atoms with Gasteiger partial charge in [-0.3, -0.25) is 0 Å². The van der Waals surface area contributed by atoms with Crippen molar-refractivity contribution in [2.75, 3.05) is 0 Å². The summed E-state index contributed by atoms with van der Waals surface area (Å²) in [7, 11) is -0.384. The van der Waals surface area contributed by atoms with E-state index in [1.165, 1.54) is 0 Å². The van der Waals surface area contributed by atoms with Crippen LogP contribution in [0.4, 0.5) is 0 Å². The van der Waals surface area contributed by atoms with Crippen LogP contribution in [0.1, 0.15) is 38.8 Å². The lowest BCUT2D eigenvalue weighted by Gasteiger charge is -2.32. The second kappa shape index (κ2) is 7.08. The van der Waals surface area contributed by atoms with Gasteiger partial charge in [0.1, 0.15) is 12.4 Å². The van der Waals surface area contributed by atoms with Gasteiger partial charge in [-0.2, -0.15) is 0 Å². The third-order valence-electron chi connectivity index (χ3n) is 5.16. The highest BCUT2D eigenvalue weighted by Crippen LogP contribution is 2.36. The van der Waals surface area contributed by atoms with Crippen molar-refractivity contribution in [3.8, 4) is 5.75 Å². The van der Waals surface area contributed by atoms with E-state index in [1.807, 2.05) is 58.9 Å². The number of hydrogen-bond donors (Lipinski definition) is 0. The van der Waals surface area contributed by atoms with E-state index in [4.69, 9.17) is 37.2 Å². The second-order valence-electron chi connectivity index (χ2n) is 7.60. The first-order valence-electron chi connectivity index (χ1n) is 8.62. The minimum absolute atomic E-state index is 0.315. The molecular formula is C20H23BCl2O3. The third-order valence-corrected chi connectivity index (χ3v) is 5.87. The molecule has 0 atom stereocenters. The molecule has 0 radical (unpaired) electrons. The standard InChI is InChI=1S/C20H23BCl2O3/c1-13-11-14(21-25-19(2,3)20(4,5)26-21)9-10-18(13)24-12-15-16(22)7-6-8-17(15)23/h6-11H,12H2,1-5H3. The fraction of sp³-hybridized carbons (Fsp3) is 0.400. The Morgan fingerprint density at radius 3 is 2.08 bits per heavy atom. The smallest absolute Gasteiger partial charge is 0.489 e. The van der Waals surface area contributed by atoms with E-state index in [2.05, 4.69) is 0 Å². The van der Waals surface area contributed by atoms with Crippen molar-refractivity contribution < 1.29 is 14.0 Å². The molecule has 0 unspecified atom stereocenters. The summed E-state index contributed by atoms with van der Waals surface area (Å²) in [5, 5.41) is 1.20. The summed E-state index contributed by atoms with van der Waals surface area (Å²) in [4.78, 5) is 0. The summed E-state index contributed by atoms with van der Waals surface area (Å²) in [6.45, 7) is 10.5. The summed E-state index contributed by atoms with van der Waals surface area (Å²) in [5.74, 6) is 0.779. The molecule has 6 heteroatoms. The Balaban J connectivity index is 1.75. The molecule has 2 aromatic rings. The highest BCUT2D eigenvalue weighted by atomic mass is 35.5. The highest BCUT2D eigenvalue weighted by molar-refractivity contribution is 6.62. The van der Waals surface area contributed by atoms with E-state index < -0.39 is 0 Å².